The fourth-order valence-electron chi connectivity index (χ4n) is 4.94. The SMILES string of the molecule is CCN(CC)CCn1c2ccccc2c(=O)c2cc3ncn(C4CCCC4)c3nc21. The lowest BCUT2D eigenvalue weighted by molar-refractivity contribution is 0.293. The first kappa shape index (κ1) is 19.2. The maximum absolute atomic E-state index is 13.3. The molecule has 0 N–H and O–H groups in total. The van der Waals surface area contributed by atoms with Crippen molar-refractivity contribution in [1.82, 2.24) is 24.0 Å². The van der Waals surface area contributed by atoms with Gasteiger partial charge < -0.3 is 14.0 Å². The molecule has 0 saturated heterocycles. The van der Waals surface area contributed by atoms with Crippen molar-refractivity contribution < 1.29 is 0 Å². The minimum Gasteiger partial charge on any atom is -0.324 e. The molecule has 0 amide bonds. The summed E-state index contributed by atoms with van der Waals surface area (Å²) in [6.45, 7) is 8.13. The molecule has 1 fully saturated rings. The van der Waals surface area contributed by atoms with E-state index in [2.05, 4.69) is 32.9 Å². The molecule has 3 heterocycles. The van der Waals surface area contributed by atoms with E-state index in [1.165, 1.54) is 25.7 Å². The summed E-state index contributed by atoms with van der Waals surface area (Å²) in [5.74, 6) is 0. The second kappa shape index (κ2) is 7.84. The Labute approximate surface area is 176 Å². The zero-order chi connectivity index (χ0) is 20.7. The second-order valence-corrected chi connectivity index (χ2v) is 8.32. The van der Waals surface area contributed by atoms with Crippen LogP contribution in [-0.2, 0) is 6.54 Å². The van der Waals surface area contributed by atoms with E-state index < -0.39 is 0 Å². The number of imidazole rings is 1. The van der Waals surface area contributed by atoms with Crippen LogP contribution in [0.2, 0.25) is 0 Å². The number of para-hydroxylation sites is 1. The third-order valence-electron chi connectivity index (χ3n) is 6.72. The molecular formula is C24H29N5O. The molecular weight excluding hydrogens is 374 g/mol. The molecule has 0 atom stereocenters. The van der Waals surface area contributed by atoms with Gasteiger partial charge in [0.1, 0.15) is 11.2 Å². The highest BCUT2D eigenvalue weighted by Crippen LogP contribution is 2.32. The number of aromatic nitrogens is 4. The van der Waals surface area contributed by atoms with Crippen LogP contribution in [0, 0.1) is 0 Å². The summed E-state index contributed by atoms with van der Waals surface area (Å²) in [6, 6.07) is 10.3. The molecule has 1 aromatic carbocycles. The van der Waals surface area contributed by atoms with Crippen LogP contribution in [0.5, 0.6) is 0 Å². The molecule has 6 heteroatoms. The molecule has 1 aliphatic carbocycles. The molecule has 0 spiro atoms. The number of hydrogen-bond donors (Lipinski definition) is 0. The van der Waals surface area contributed by atoms with Crippen molar-refractivity contribution in [3.63, 3.8) is 0 Å². The predicted molar refractivity (Wildman–Crippen MR) is 122 cm³/mol. The maximum atomic E-state index is 13.3. The summed E-state index contributed by atoms with van der Waals surface area (Å²) in [6.07, 6.45) is 6.79. The van der Waals surface area contributed by atoms with E-state index in [-0.39, 0.29) is 5.43 Å². The summed E-state index contributed by atoms with van der Waals surface area (Å²) in [7, 11) is 0. The van der Waals surface area contributed by atoms with E-state index in [0.717, 1.165) is 53.9 Å². The number of rotatable bonds is 6. The van der Waals surface area contributed by atoms with Gasteiger partial charge in [-0.1, -0.05) is 38.8 Å². The lowest BCUT2D eigenvalue weighted by Gasteiger charge is -2.21. The van der Waals surface area contributed by atoms with E-state index in [1.807, 2.05) is 36.7 Å². The first-order valence-electron chi connectivity index (χ1n) is 11.2. The zero-order valence-electron chi connectivity index (χ0n) is 17.8. The topological polar surface area (TPSA) is 56.0 Å². The predicted octanol–water partition coefficient (Wildman–Crippen LogP) is 4.36. The van der Waals surface area contributed by atoms with Gasteiger partial charge in [0.15, 0.2) is 11.1 Å². The minimum absolute atomic E-state index is 0.0458. The Morgan fingerprint density at radius 3 is 2.60 bits per heavy atom. The van der Waals surface area contributed by atoms with Crippen molar-refractivity contribution in [2.45, 2.75) is 52.1 Å². The fourth-order valence-corrected chi connectivity index (χ4v) is 4.94. The molecule has 1 aliphatic rings. The van der Waals surface area contributed by atoms with Crippen molar-refractivity contribution in [3.05, 3.63) is 46.9 Å². The summed E-state index contributed by atoms with van der Waals surface area (Å²) < 4.78 is 4.46. The van der Waals surface area contributed by atoms with E-state index in [0.29, 0.717) is 11.4 Å². The van der Waals surface area contributed by atoms with Crippen molar-refractivity contribution in [3.8, 4) is 0 Å². The van der Waals surface area contributed by atoms with Gasteiger partial charge in [-0.25, -0.2) is 9.97 Å². The van der Waals surface area contributed by atoms with E-state index in [4.69, 9.17) is 4.98 Å². The van der Waals surface area contributed by atoms with Crippen LogP contribution in [-0.4, -0.2) is 43.6 Å². The van der Waals surface area contributed by atoms with Crippen LogP contribution in [0.1, 0.15) is 45.6 Å². The smallest absolute Gasteiger partial charge is 0.198 e. The highest BCUT2D eigenvalue weighted by molar-refractivity contribution is 5.96. The Morgan fingerprint density at radius 1 is 1.07 bits per heavy atom. The van der Waals surface area contributed by atoms with E-state index >= 15 is 0 Å². The number of fused-ring (bicyclic) bond motifs is 3. The van der Waals surface area contributed by atoms with Crippen LogP contribution in [0.4, 0.5) is 0 Å². The van der Waals surface area contributed by atoms with Gasteiger partial charge in [-0.3, -0.25) is 4.79 Å². The van der Waals surface area contributed by atoms with Gasteiger partial charge in [-0.15, -0.1) is 0 Å². The van der Waals surface area contributed by atoms with Crippen molar-refractivity contribution in [1.29, 1.82) is 0 Å². The van der Waals surface area contributed by atoms with Gasteiger partial charge in [0.2, 0.25) is 0 Å². The van der Waals surface area contributed by atoms with Crippen LogP contribution < -0.4 is 5.43 Å². The molecule has 30 heavy (non-hydrogen) atoms. The molecule has 0 aliphatic heterocycles. The first-order chi connectivity index (χ1) is 14.7. The van der Waals surface area contributed by atoms with Crippen molar-refractivity contribution in [2.24, 2.45) is 0 Å². The van der Waals surface area contributed by atoms with E-state index in [1.54, 1.807) is 0 Å². The molecule has 3 aromatic heterocycles. The highest BCUT2D eigenvalue weighted by Gasteiger charge is 2.21. The molecule has 4 aromatic rings. The largest absolute Gasteiger partial charge is 0.324 e. The molecule has 156 valence electrons. The van der Waals surface area contributed by atoms with Gasteiger partial charge >= 0.3 is 0 Å². The highest BCUT2D eigenvalue weighted by atomic mass is 16.1. The summed E-state index contributed by atoms with van der Waals surface area (Å²) >= 11 is 0. The molecule has 1 saturated carbocycles. The van der Waals surface area contributed by atoms with Crippen LogP contribution in [0.15, 0.2) is 41.5 Å². The Kier molecular flexibility index (Phi) is 5.03. The Hall–Kier alpha value is -2.73. The third-order valence-corrected chi connectivity index (χ3v) is 6.72. The lowest BCUT2D eigenvalue weighted by Crippen LogP contribution is -2.28. The van der Waals surface area contributed by atoms with Gasteiger partial charge in [0.05, 0.1) is 17.2 Å². The molecule has 5 rings (SSSR count). The zero-order valence-corrected chi connectivity index (χ0v) is 17.8. The monoisotopic (exact) mass is 403 g/mol. The van der Waals surface area contributed by atoms with Gasteiger partial charge in [0, 0.05) is 24.5 Å². The Balaban J connectivity index is 1.76. The van der Waals surface area contributed by atoms with Crippen molar-refractivity contribution in [2.75, 3.05) is 19.6 Å². The summed E-state index contributed by atoms with van der Waals surface area (Å²) in [5.41, 5.74) is 3.50. The average molecular weight is 404 g/mol. The van der Waals surface area contributed by atoms with Gasteiger partial charge in [-0.05, 0) is 44.1 Å². The number of nitrogens with zero attached hydrogens (tertiary/aromatic N) is 5. The summed E-state index contributed by atoms with van der Waals surface area (Å²) in [5, 5.41) is 1.42. The normalized spacial score (nSPS) is 15.3. The standard InChI is InChI=1S/C24H29N5O/c1-3-27(4-2)13-14-28-21-12-8-7-11-18(21)22(30)19-15-20-24(26-23(19)28)29(16-25-20)17-9-5-6-10-17/h7-8,11-12,15-17H,3-6,9-10,13-14H2,1-2H3. The fraction of sp³-hybridized carbons (Fsp3) is 0.458. The minimum atomic E-state index is 0.0458. The average Bonchev–Trinajstić information content (AvgIpc) is 3.45. The second-order valence-electron chi connectivity index (χ2n) is 8.32. The number of pyridine rings is 2. The maximum Gasteiger partial charge on any atom is 0.198 e. The Morgan fingerprint density at radius 2 is 1.83 bits per heavy atom. The molecule has 6 nitrogen and oxygen atoms in total. The quantitative estimate of drug-likeness (QED) is 0.449. The number of likely N-dealkylation sites (N-methyl/N-ethyl adjacent to an activating group) is 1. The lowest BCUT2D eigenvalue weighted by atomic mass is 10.1. The number of hydrogen-bond acceptors (Lipinski definition) is 4. The molecule has 0 bridgehead atoms. The van der Waals surface area contributed by atoms with Gasteiger partial charge in [-0.2, -0.15) is 0 Å². The van der Waals surface area contributed by atoms with Crippen LogP contribution in [0.3, 0.4) is 0 Å². The Bertz CT molecular complexity index is 1260. The van der Waals surface area contributed by atoms with Crippen LogP contribution >= 0.6 is 0 Å². The number of benzene rings is 1. The molecule has 0 radical (unpaired) electrons. The molecule has 0 unspecified atom stereocenters. The first-order valence-corrected chi connectivity index (χ1v) is 11.2. The summed E-state index contributed by atoms with van der Waals surface area (Å²) in [4.78, 5) is 25.4. The van der Waals surface area contributed by atoms with Crippen molar-refractivity contribution >= 4 is 33.1 Å². The van der Waals surface area contributed by atoms with Crippen LogP contribution in [0.25, 0.3) is 33.1 Å². The third kappa shape index (κ3) is 3.10. The van der Waals surface area contributed by atoms with E-state index in [9.17, 15) is 4.79 Å². The van der Waals surface area contributed by atoms with Gasteiger partial charge in [0.25, 0.3) is 0 Å².